The summed E-state index contributed by atoms with van der Waals surface area (Å²) < 4.78 is 0. The molecule has 0 radical (unpaired) electrons. The van der Waals surface area contributed by atoms with Crippen LogP contribution in [0.2, 0.25) is 0 Å². The van der Waals surface area contributed by atoms with E-state index in [1.807, 2.05) is 0 Å². The number of hydrogen-bond donors (Lipinski definition) is 1. The zero-order valence-electron chi connectivity index (χ0n) is 14.6. The van der Waals surface area contributed by atoms with Gasteiger partial charge < -0.3 is 10.2 Å². The van der Waals surface area contributed by atoms with Crippen molar-refractivity contribution in [3.63, 3.8) is 0 Å². The van der Waals surface area contributed by atoms with Gasteiger partial charge >= 0.3 is 0 Å². The lowest BCUT2D eigenvalue weighted by Gasteiger charge is -2.31. The number of nitrogens with one attached hydrogen (secondary N) is 1. The molecule has 1 rings (SSSR count). The van der Waals surface area contributed by atoms with Crippen LogP contribution in [0, 0.1) is 17.8 Å². The molecular formula is C18H38N2. The summed E-state index contributed by atoms with van der Waals surface area (Å²) in [5.74, 6) is 2.55. The molecule has 1 atom stereocenters. The van der Waals surface area contributed by atoms with Crippen LogP contribution < -0.4 is 5.32 Å². The van der Waals surface area contributed by atoms with Crippen LogP contribution in [-0.4, -0.2) is 37.6 Å². The van der Waals surface area contributed by atoms with Crippen molar-refractivity contribution in [2.45, 2.75) is 72.3 Å². The summed E-state index contributed by atoms with van der Waals surface area (Å²) in [6.45, 7) is 13.2. The molecule has 2 nitrogen and oxygen atoms in total. The first kappa shape index (κ1) is 18.0. The molecule has 0 aromatic heterocycles. The fraction of sp³-hybridized carbons (Fsp3) is 1.00. The van der Waals surface area contributed by atoms with Crippen LogP contribution in [0.3, 0.4) is 0 Å². The predicted octanol–water partition coefficient (Wildman–Crippen LogP) is 4.16. The summed E-state index contributed by atoms with van der Waals surface area (Å²) in [6.07, 6.45) is 8.43. The highest BCUT2D eigenvalue weighted by Crippen LogP contribution is 2.28. The average molecular weight is 283 g/mol. The number of rotatable bonds is 10. The van der Waals surface area contributed by atoms with E-state index in [9.17, 15) is 0 Å². The zero-order valence-corrected chi connectivity index (χ0v) is 14.6. The molecule has 0 spiro atoms. The fourth-order valence-corrected chi connectivity index (χ4v) is 3.29. The lowest BCUT2D eigenvalue weighted by molar-refractivity contribution is 0.196. The minimum atomic E-state index is 0.705. The molecule has 120 valence electrons. The van der Waals surface area contributed by atoms with E-state index in [1.54, 1.807) is 0 Å². The molecule has 1 aliphatic rings. The van der Waals surface area contributed by atoms with E-state index in [0.717, 1.165) is 17.8 Å². The largest absolute Gasteiger partial charge is 0.315 e. The molecule has 0 aromatic carbocycles. The van der Waals surface area contributed by atoms with Crippen molar-refractivity contribution >= 4 is 0 Å². The minimum absolute atomic E-state index is 0.705. The monoisotopic (exact) mass is 282 g/mol. The summed E-state index contributed by atoms with van der Waals surface area (Å²) in [7, 11) is 2.16. The molecule has 0 bridgehead atoms. The van der Waals surface area contributed by atoms with Gasteiger partial charge in [-0.25, -0.2) is 0 Å². The highest BCUT2D eigenvalue weighted by Gasteiger charge is 2.25. The Bertz CT molecular complexity index is 220. The van der Waals surface area contributed by atoms with Gasteiger partial charge in [0, 0.05) is 12.6 Å². The Labute approximate surface area is 127 Å². The molecule has 0 saturated heterocycles. The van der Waals surface area contributed by atoms with Gasteiger partial charge in [-0.2, -0.15) is 0 Å². The molecule has 0 aromatic rings. The third kappa shape index (κ3) is 7.08. The van der Waals surface area contributed by atoms with Crippen molar-refractivity contribution in [3.05, 3.63) is 0 Å². The Hall–Kier alpha value is -0.0800. The maximum atomic E-state index is 3.61. The molecule has 20 heavy (non-hydrogen) atoms. The quantitative estimate of drug-likeness (QED) is 0.647. The smallest absolute Gasteiger partial charge is 0.0220 e. The molecule has 1 aliphatic carbocycles. The topological polar surface area (TPSA) is 15.3 Å². The highest BCUT2D eigenvalue weighted by atomic mass is 15.1. The molecule has 0 aliphatic heterocycles. The first-order valence-electron chi connectivity index (χ1n) is 8.92. The van der Waals surface area contributed by atoms with Crippen molar-refractivity contribution in [1.82, 2.24) is 10.2 Å². The van der Waals surface area contributed by atoms with E-state index in [1.165, 1.54) is 58.2 Å². The van der Waals surface area contributed by atoms with Gasteiger partial charge in [0.15, 0.2) is 0 Å². The van der Waals surface area contributed by atoms with Crippen molar-refractivity contribution in [2.75, 3.05) is 26.7 Å². The van der Waals surface area contributed by atoms with Crippen molar-refractivity contribution in [1.29, 1.82) is 0 Å². The molecule has 1 unspecified atom stereocenters. The zero-order chi connectivity index (χ0) is 15.0. The van der Waals surface area contributed by atoms with Gasteiger partial charge in [-0.15, -0.1) is 0 Å². The van der Waals surface area contributed by atoms with Gasteiger partial charge in [-0.1, -0.05) is 40.5 Å². The van der Waals surface area contributed by atoms with Gasteiger partial charge in [0.2, 0.25) is 0 Å². The van der Waals surface area contributed by atoms with Crippen LogP contribution in [0.25, 0.3) is 0 Å². The third-order valence-corrected chi connectivity index (χ3v) is 4.84. The number of likely N-dealkylation sites (N-methyl/N-ethyl adjacent to an activating group) is 1. The van der Waals surface area contributed by atoms with Crippen molar-refractivity contribution in [2.24, 2.45) is 17.8 Å². The third-order valence-electron chi connectivity index (χ3n) is 4.84. The molecule has 1 N–H and O–H groups in total. The van der Waals surface area contributed by atoms with Gasteiger partial charge in [-0.05, 0) is 63.6 Å². The van der Waals surface area contributed by atoms with Gasteiger partial charge in [0.25, 0.3) is 0 Å². The van der Waals surface area contributed by atoms with Gasteiger partial charge in [0.1, 0.15) is 0 Å². The second-order valence-corrected chi connectivity index (χ2v) is 7.61. The fourth-order valence-electron chi connectivity index (χ4n) is 3.29. The summed E-state index contributed by atoms with van der Waals surface area (Å²) in [5, 5.41) is 3.61. The summed E-state index contributed by atoms with van der Waals surface area (Å²) in [6, 6.07) is 0.705. The van der Waals surface area contributed by atoms with Gasteiger partial charge in [0.05, 0.1) is 0 Å². The Morgan fingerprint density at radius 2 is 1.45 bits per heavy atom. The Balaban J connectivity index is 2.46. The van der Waals surface area contributed by atoms with Crippen molar-refractivity contribution < 1.29 is 0 Å². The van der Waals surface area contributed by atoms with Crippen LogP contribution in [0.5, 0.6) is 0 Å². The van der Waals surface area contributed by atoms with Crippen molar-refractivity contribution in [3.8, 4) is 0 Å². The SMILES string of the molecule is CNC(CN(CCC(C)C)CCC(C)C)C1CCCC1. The second-order valence-electron chi connectivity index (χ2n) is 7.61. The predicted molar refractivity (Wildman–Crippen MR) is 90.2 cm³/mol. The van der Waals surface area contributed by atoms with E-state index in [2.05, 4.69) is 45.0 Å². The lowest BCUT2D eigenvalue weighted by Crippen LogP contribution is -2.44. The van der Waals surface area contributed by atoms with Crippen LogP contribution in [0.15, 0.2) is 0 Å². The Morgan fingerprint density at radius 3 is 1.85 bits per heavy atom. The molecule has 0 heterocycles. The molecule has 1 saturated carbocycles. The van der Waals surface area contributed by atoms with Gasteiger partial charge in [-0.3, -0.25) is 0 Å². The maximum Gasteiger partial charge on any atom is 0.0220 e. The van der Waals surface area contributed by atoms with E-state index in [0.29, 0.717) is 6.04 Å². The number of hydrogen-bond acceptors (Lipinski definition) is 2. The Morgan fingerprint density at radius 1 is 0.950 bits per heavy atom. The lowest BCUT2D eigenvalue weighted by atomic mass is 9.97. The molecule has 2 heteroatoms. The first-order valence-corrected chi connectivity index (χ1v) is 8.92. The van der Waals surface area contributed by atoms with E-state index in [4.69, 9.17) is 0 Å². The van der Waals surface area contributed by atoms with E-state index in [-0.39, 0.29) is 0 Å². The summed E-state index contributed by atoms with van der Waals surface area (Å²) >= 11 is 0. The van der Waals surface area contributed by atoms with Crippen LogP contribution in [0.1, 0.15) is 66.2 Å². The second kappa shape index (κ2) is 9.78. The maximum absolute atomic E-state index is 3.61. The van der Waals surface area contributed by atoms with E-state index < -0.39 is 0 Å². The van der Waals surface area contributed by atoms with Crippen LogP contribution in [-0.2, 0) is 0 Å². The normalized spacial score (nSPS) is 18.6. The van der Waals surface area contributed by atoms with Crippen LogP contribution in [0.4, 0.5) is 0 Å². The summed E-state index contributed by atoms with van der Waals surface area (Å²) in [4.78, 5) is 2.72. The Kier molecular flexibility index (Phi) is 8.79. The molecule has 1 fully saturated rings. The molecular weight excluding hydrogens is 244 g/mol. The number of nitrogens with zero attached hydrogens (tertiary/aromatic N) is 1. The molecule has 0 amide bonds. The average Bonchev–Trinajstić information content (AvgIpc) is 2.91. The first-order chi connectivity index (χ1) is 9.52. The van der Waals surface area contributed by atoms with E-state index >= 15 is 0 Å². The summed E-state index contributed by atoms with van der Waals surface area (Å²) in [5.41, 5.74) is 0. The van der Waals surface area contributed by atoms with Crippen LogP contribution >= 0.6 is 0 Å². The minimum Gasteiger partial charge on any atom is -0.315 e. The highest BCUT2D eigenvalue weighted by molar-refractivity contribution is 4.82. The standard InChI is InChI=1S/C18H38N2/c1-15(2)10-12-20(13-11-16(3)4)14-18(19-5)17-8-6-7-9-17/h15-19H,6-14H2,1-5H3.